The molecule has 1 aromatic rings. The van der Waals surface area contributed by atoms with E-state index in [9.17, 15) is 0 Å². The molecule has 0 unspecified atom stereocenters. The fraction of sp³-hybridized carbons (Fsp3) is 0.667. The quantitative estimate of drug-likeness (QED) is 0.720. The van der Waals surface area contributed by atoms with Crippen LogP contribution in [0.5, 0.6) is 5.75 Å². The van der Waals surface area contributed by atoms with Gasteiger partial charge in [0, 0.05) is 0 Å². The van der Waals surface area contributed by atoms with E-state index in [0.29, 0.717) is 5.41 Å². The van der Waals surface area contributed by atoms with Crippen molar-refractivity contribution in [2.24, 2.45) is 11.8 Å². The Morgan fingerprint density at radius 2 is 2.00 bits per heavy atom. The van der Waals surface area contributed by atoms with Crippen molar-refractivity contribution in [3.63, 3.8) is 0 Å². The molecule has 3 aliphatic carbocycles. The summed E-state index contributed by atoms with van der Waals surface area (Å²) in [5.41, 5.74) is 3.81. The average molecular weight is 256 g/mol. The molecule has 0 saturated heterocycles. The fourth-order valence-corrected chi connectivity index (χ4v) is 5.46. The first-order chi connectivity index (χ1) is 9.33. The minimum atomic E-state index is 0.517. The van der Waals surface area contributed by atoms with Crippen molar-refractivity contribution in [2.75, 3.05) is 7.11 Å². The summed E-state index contributed by atoms with van der Waals surface area (Å²) < 4.78 is 5.49. The summed E-state index contributed by atoms with van der Waals surface area (Å²) in [7, 11) is 1.80. The Balaban J connectivity index is 1.88. The second-order valence-electron chi connectivity index (χ2n) is 6.89. The van der Waals surface area contributed by atoms with Gasteiger partial charge < -0.3 is 4.74 Å². The Morgan fingerprint density at radius 1 is 1.11 bits per heavy atom. The number of fused-ring (bicyclic) bond motifs is 1. The highest BCUT2D eigenvalue weighted by atomic mass is 16.5. The minimum absolute atomic E-state index is 0.517. The third-order valence-corrected chi connectivity index (χ3v) is 6.20. The summed E-state index contributed by atoms with van der Waals surface area (Å²) in [5, 5.41) is 0. The smallest absolute Gasteiger partial charge is 0.119 e. The van der Waals surface area contributed by atoms with Gasteiger partial charge in [-0.3, -0.25) is 0 Å². The van der Waals surface area contributed by atoms with Crippen LogP contribution >= 0.6 is 0 Å². The maximum atomic E-state index is 5.49. The Hall–Kier alpha value is -0.980. The van der Waals surface area contributed by atoms with Crippen LogP contribution in [0.25, 0.3) is 0 Å². The van der Waals surface area contributed by atoms with Gasteiger partial charge in [0.15, 0.2) is 0 Å². The first-order valence-electron chi connectivity index (χ1n) is 8.01. The molecule has 0 aromatic heterocycles. The lowest BCUT2D eigenvalue weighted by molar-refractivity contribution is 0.0521. The largest absolute Gasteiger partial charge is 0.497 e. The van der Waals surface area contributed by atoms with Crippen molar-refractivity contribution in [3.8, 4) is 5.75 Å². The number of ether oxygens (including phenoxy) is 1. The molecule has 1 nitrogen and oxygen atoms in total. The normalized spacial score (nSPS) is 36.3. The molecule has 102 valence electrons. The van der Waals surface area contributed by atoms with Gasteiger partial charge >= 0.3 is 0 Å². The first kappa shape index (κ1) is 11.8. The van der Waals surface area contributed by atoms with E-state index in [1.165, 1.54) is 51.4 Å². The van der Waals surface area contributed by atoms with Crippen molar-refractivity contribution in [2.45, 2.75) is 56.8 Å². The lowest BCUT2D eigenvalue weighted by Crippen LogP contribution is -2.49. The van der Waals surface area contributed by atoms with Gasteiger partial charge in [0.25, 0.3) is 0 Å². The molecule has 3 aliphatic rings. The van der Waals surface area contributed by atoms with Gasteiger partial charge in [-0.2, -0.15) is 0 Å². The Kier molecular flexibility index (Phi) is 2.65. The minimum Gasteiger partial charge on any atom is -0.497 e. The van der Waals surface area contributed by atoms with Crippen LogP contribution in [0.3, 0.4) is 0 Å². The Labute approximate surface area is 116 Å². The van der Waals surface area contributed by atoms with E-state index in [1.54, 1.807) is 18.2 Å². The molecule has 19 heavy (non-hydrogen) atoms. The summed E-state index contributed by atoms with van der Waals surface area (Å²) in [6, 6.07) is 6.88. The average Bonchev–Trinajstić information content (AvgIpc) is 2.47. The van der Waals surface area contributed by atoms with Gasteiger partial charge in [-0.15, -0.1) is 0 Å². The molecule has 0 N–H and O–H groups in total. The third-order valence-electron chi connectivity index (χ3n) is 6.20. The van der Waals surface area contributed by atoms with E-state index in [4.69, 9.17) is 4.74 Å². The monoisotopic (exact) mass is 256 g/mol. The maximum Gasteiger partial charge on any atom is 0.119 e. The summed E-state index contributed by atoms with van der Waals surface area (Å²) in [4.78, 5) is 0. The molecule has 1 heteroatoms. The van der Waals surface area contributed by atoms with Crippen LogP contribution in [0.1, 0.15) is 56.1 Å². The molecule has 1 aromatic carbocycles. The molecular formula is C18H24O. The number of hydrogen-bond acceptors (Lipinski definition) is 1. The van der Waals surface area contributed by atoms with Gasteiger partial charge in [0.05, 0.1) is 7.11 Å². The topological polar surface area (TPSA) is 9.23 Å². The van der Waals surface area contributed by atoms with E-state index in [2.05, 4.69) is 18.2 Å². The summed E-state index contributed by atoms with van der Waals surface area (Å²) in [6.45, 7) is 0. The molecule has 2 saturated carbocycles. The van der Waals surface area contributed by atoms with Crippen LogP contribution in [-0.2, 0) is 11.8 Å². The highest BCUT2D eigenvalue weighted by molar-refractivity contribution is 5.44. The van der Waals surface area contributed by atoms with E-state index in [0.717, 1.165) is 17.6 Å². The zero-order valence-electron chi connectivity index (χ0n) is 12.0. The predicted octanol–water partition coefficient (Wildman–Crippen LogP) is 4.48. The van der Waals surface area contributed by atoms with Crippen LogP contribution in [-0.4, -0.2) is 7.11 Å². The molecule has 0 amide bonds. The molecule has 0 heterocycles. The van der Waals surface area contributed by atoms with Crippen molar-refractivity contribution in [1.29, 1.82) is 0 Å². The van der Waals surface area contributed by atoms with Crippen molar-refractivity contribution >= 4 is 0 Å². The van der Waals surface area contributed by atoms with E-state index in [1.807, 2.05) is 0 Å². The highest BCUT2D eigenvalue weighted by Crippen LogP contribution is 2.58. The Morgan fingerprint density at radius 3 is 2.89 bits per heavy atom. The Bertz CT molecular complexity index is 488. The van der Waals surface area contributed by atoms with Crippen LogP contribution in [0.15, 0.2) is 18.2 Å². The zero-order valence-corrected chi connectivity index (χ0v) is 12.0. The number of rotatable bonds is 1. The molecule has 0 radical (unpaired) electrons. The predicted molar refractivity (Wildman–Crippen MR) is 77.7 cm³/mol. The van der Waals surface area contributed by atoms with Gasteiger partial charge in [-0.25, -0.2) is 0 Å². The second-order valence-corrected chi connectivity index (χ2v) is 6.89. The molecule has 3 atom stereocenters. The molecular weight excluding hydrogens is 232 g/mol. The lowest BCUT2D eigenvalue weighted by atomic mass is 9.49. The second kappa shape index (κ2) is 4.26. The highest BCUT2D eigenvalue weighted by Gasteiger charge is 2.51. The van der Waals surface area contributed by atoms with E-state index >= 15 is 0 Å². The summed E-state index contributed by atoms with van der Waals surface area (Å²) in [6.07, 6.45) is 11.5. The van der Waals surface area contributed by atoms with Gasteiger partial charge in [-0.05, 0) is 72.6 Å². The zero-order chi connectivity index (χ0) is 12.9. The molecule has 0 aliphatic heterocycles. The summed E-state index contributed by atoms with van der Waals surface area (Å²) >= 11 is 0. The van der Waals surface area contributed by atoms with Crippen molar-refractivity contribution < 1.29 is 4.74 Å². The number of hydrogen-bond donors (Lipinski definition) is 0. The fourth-order valence-electron chi connectivity index (χ4n) is 5.46. The van der Waals surface area contributed by atoms with Crippen LogP contribution in [0, 0.1) is 11.8 Å². The maximum absolute atomic E-state index is 5.49. The molecule has 0 spiro atoms. The first-order valence-corrected chi connectivity index (χ1v) is 8.01. The molecule has 2 fully saturated rings. The summed E-state index contributed by atoms with van der Waals surface area (Å²) in [5.74, 6) is 2.99. The number of benzene rings is 1. The van der Waals surface area contributed by atoms with E-state index in [-0.39, 0.29) is 0 Å². The van der Waals surface area contributed by atoms with Gasteiger partial charge in [0.2, 0.25) is 0 Å². The van der Waals surface area contributed by atoms with Crippen LogP contribution in [0.2, 0.25) is 0 Å². The lowest BCUT2D eigenvalue weighted by Gasteiger charge is -2.55. The van der Waals surface area contributed by atoms with Gasteiger partial charge in [-0.1, -0.05) is 25.3 Å². The van der Waals surface area contributed by atoms with Crippen molar-refractivity contribution in [3.05, 3.63) is 29.3 Å². The van der Waals surface area contributed by atoms with E-state index < -0.39 is 0 Å². The van der Waals surface area contributed by atoms with Crippen molar-refractivity contribution in [1.82, 2.24) is 0 Å². The van der Waals surface area contributed by atoms with Crippen LogP contribution < -0.4 is 4.74 Å². The third kappa shape index (κ3) is 1.60. The molecule has 4 rings (SSSR count). The standard InChI is InChI=1S/C18H24O/c1-19-15-8-7-14-11-13-5-4-10-18(17(14)12-15)9-3-2-6-16(13)18/h7-8,12-13,16H,2-6,9-11H2,1H3/t13-,16+,18-/m1/s1. The van der Waals surface area contributed by atoms with Crippen LogP contribution in [0.4, 0.5) is 0 Å². The number of methoxy groups -OCH3 is 1. The SMILES string of the molecule is COc1ccc2c(c1)[C@@]13CCCC[C@H]1[C@H](CCC3)C2. The van der Waals surface area contributed by atoms with Gasteiger partial charge in [0.1, 0.15) is 5.75 Å². The molecule has 2 bridgehead atoms.